The Morgan fingerprint density at radius 2 is 2.06 bits per heavy atom. The van der Waals surface area contributed by atoms with Crippen LogP contribution in [-0.2, 0) is 19.8 Å². The van der Waals surface area contributed by atoms with E-state index in [0.29, 0.717) is 5.13 Å². The van der Waals surface area contributed by atoms with E-state index in [1.165, 1.54) is 34.1 Å². The number of fused-ring (bicyclic) bond motifs is 1. The molecule has 168 valence electrons. The molecule has 2 saturated heterocycles. The molecule has 0 aromatic carbocycles. The Labute approximate surface area is 218 Å². The van der Waals surface area contributed by atoms with Crippen molar-refractivity contribution in [3.05, 3.63) is 23.2 Å². The summed E-state index contributed by atoms with van der Waals surface area (Å²) in [5, 5.41) is 16.4. The van der Waals surface area contributed by atoms with Crippen LogP contribution in [0.15, 0.2) is 17.5 Å². The molecule has 1 aliphatic carbocycles. The number of β-lactam (4-membered cyclic amide) rings is 1. The Morgan fingerprint density at radius 3 is 2.69 bits per heavy atom. The molecule has 1 aromatic rings. The molecule has 5 atom stereocenters. The Balaban J connectivity index is 0.00000289. The SMILES string of the molecule is CC1(c2csc(N)n2)CCCCC1/C=C\C(=O)N[C@@H]1C(=O)N2[C@@H]1SC(C)(C)[C@@H]2C(=O)[O-].[Na+]. The molecule has 2 unspecified atom stereocenters. The van der Waals surface area contributed by atoms with E-state index in [1.807, 2.05) is 11.5 Å². The van der Waals surface area contributed by atoms with Crippen molar-refractivity contribution in [3.8, 4) is 0 Å². The zero-order valence-electron chi connectivity index (χ0n) is 18.8. The average Bonchev–Trinajstić information content (AvgIpc) is 3.25. The zero-order valence-corrected chi connectivity index (χ0v) is 22.4. The van der Waals surface area contributed by atoms with Crippen molar-refractivity contribution >= 4 is 46.0 Å². The number of nitrogens with zero attached hydrogens (tertiary/aromatic N) is 2. The van der Waals surface area contributed by atoms with Gasteiger partial charge in [0.1, 0.15) is 11.4 Å². The van der Waals surface area contributed by atoms with E-state index in [1.54, 1.807) is 13.8 Å². The van der Waals surface area contributed by atoms with E-state index >= 15 is 0 Å². The molecule has 2 aliphatic heterocycles. The van der Waals surface area contributed by atoms with E-state index in [-0.39, 0.29) is 58.1 Å². The first-order valence-corrected chi connectivity index (χ1v) is 12.2. The van der Waals surface area contributed by atoms with Crippen LogP contribution in [0, 0.1) is 5.92 Å². The van der Waals surface area contributed by atoms with E-state index in [0.717, 1.165) is 31.4 Å². The van der Waals surface area contributed by atoms with Gasteiger partial charge in [-0.15, -0.1) is 23.1 Å². The summed E-state index contributed by atoms with van der Waals surface area (Å²) in [6.07, 6.45) is 7.53. The van der Waals surface area contributed by atoms with Crippen LogP contribution >= 0.6 is 23.1 Å². The number of thiazole rings is 1. The molecule has 4 rings (SSSR count). The number of aliphatic carboxylic acids is 1. The Kier molecular flexibility index (Phi) is 7.42. The molecular weight excluding hydrogens is 459 g/mol. The molecule has 8 nitrogen and oxygen atoms in total. The molecule has 2 amide bonds. The molecule has 0 spiro atoms. The van der Waals surface area contributed by atoms with Crippen LogP contribution in [0.25, 0.3) is 0 Å². The second kappa shape index (κ2) is 9.29. The fourth-order valence-electron chi connectivity index (χ4n) is 5.07. The van der Waals surface area contributed by atoms with Gasteiger partial charge in [0.25, 0.3) is 0 Å². The molecule has 3 N–H and O–H groups in total. The van der Waals surface area contributed by atoms with Crippen LogP contribution in [-0.4, -0.2) is 49.9 Å². The number of hydrogen-bond acceptors (Lipinski definition) is 8. The van der Waals surface area contributed by atoms with Gasteiger partial charge in [0, 0.05) is 15.5 Å². The molecule has 0 bridgehead atoms. The summed E-state index contributed by atoms with van der Waals surface area (Å²) in [5.41, 5.74) is 6.62. The number of anilines is 1. The van der Waals surface area contributed by atoms with E-state index in [9.17, 15) is 19.5 Å². The number of amides is 2. The van der Waals surface area contributed by atoms with Gasteiger partial charge in [-0.1, -0.05) is 25.8 Å². The first-order chi connectivity index (χ1) is 14.5. The Hall–Kier alpha value is -1.07. The largest absolute Gasteiger partial charge is 1.00 e. The molecule has 32 heavy (non-hydrogen) atoms. The quantitative estimate of drug-likeness (QED) is 0.281. The fourth-order valence-corrected chi connectivity index (χ4v) is 7.39. The Bertz CT molecular complexity index is 952. The second-order valence-electron chi connectivity index (χ2n) is 9.27. The number of aromatic nitrogens is 1. The first-order valence-electron chi connectivity index (χ1n) is 10.5. The number of nitrogens with two attached hydrogens (primary N) is 1. The van der Waals surface area contributed by atoms with Gasteiger partial charge < -0.3 is 25.9 Å². The minimum absolute atomic E-state index is 0. The van der Waals surface area contributed by atoms with Crippen molar-refractivity contribution in [2.75, 3.05) is 5.73 Å². The van der Waals surface area contributed by atoms with Crippen LogP contribution in [0.1, 0.15) is 52.1 Å². The number of rotatable bonds is 5. The smallest absolute Gasteiger partial charge is 0.548 e. The summed E-state index contributed by atoms with van der Waals surface area (Å²) in [6.45, 7) is 5.72. The predicted octanol–water partition coefficient (Wildman–Crippen LogP) is -1.97. The third kappa shape index (κ3) is 4.36. The molecule has 3 aliphatic rings. The van der Waals surface area contributed by atoms with Gasteiger partial charge in [-0.05, 0) is 38.7 Å². The first kappa shape index (κ1) is 25.6. The maximum absolute atomic E-state index is 12.6. The monoisotopic (exact) mass is 486 g/mol. The number of carbonyl (C=O) groups is 3. The van der Waals surface area contributed by atoms with Crippen LogP contribution < -0.4 is 45.7 Å². The minimum Gasteiger partial charge on any atom is -0.548 e. The van der Waals surface area contributed by atoms with Gasteiger partial charge in [-0.2, -0.15) is 0 Å². The van der Waals surface area contributed by atoms with Crippen molar-refractivity contribution in [2.45, 2.75) is 74.1 Å². The predicted molar refractivity (Wildman–Crippen MR) is 118 cm³/mol. The van der Waals surface area contributed by atoms with Gasteiger partial charge in [0.05, 0.1) is 17.7 Å². The summed E-state index contributed by atoms with van der Waals surface area (Å²) in [7, 11) is 0. The number of hydrogen-bond donors (Lipinski definition) is 2. The molecule has 1 saturated carbocycles. The van der Waals surface area contributed by atoms with Crippen molar-refractivity contribution < 1.29 is 49.0 Å². The number of nitrogen functional groups attached to an aromatic ring is 1. The van der Waals surface area contributed by atoms with Gasteiger partial charge >= 0.3 is 29.6 Å². The maximum atomic E-state index is 12.6. The van der Waals surface area contributed by atoms with E-state index < -0.39 is 22.8 Å². The fraction of sp³-hybridized carbons (Fsp3) is 0.619. The summed E-state index contributed by atoms with van der Waals surface area (Å²) in [5.74, 6) is -1.85. The number of allylic oxidation sites excluding steroid dienone is 1. The molecule has 3 heterocycles. The van der Waals surface area contributed by atoms with Crippen molar-refractivity contribution in [3.63, 3.8) is 0 Å². The van der Waals surface area contributed by atoms with Crippen molar-refractivity contribution in [2.24, 2.45) is 5.92 Å². The normalized spacial score (nSPS) is 33.3. The number of nitrogens with one attached hydrogen (secondary N) is 1. The standard InChI is InChI=1S/C21H28N4O4S2.Na/c1-20(2)15(18(28)29)25-16(27)14(17(25)31-20)24-13(26)8-7-11-6-4-5-9-21(11,3)12-10-30-19(22)23-12;/h7-8,10-11,14-15,17H,4-6,9H2,1-3H3,(H2,22,23)(H,24,26)(H,28,29);/q;+1/p-1/b8-7-;/t11?,14-,15+,17-,21?;/m1./s1. The molecule has 0 radical (unpaired) electrons. The van der Waals surface area contributed by atoms with Gasteiger partial charge in [0.2, 0.25) is 11.8 Å². The minimum atomic E-state index is -1.27. The van der Waals surface area contributed by atoms with E-state index in [4.69, 9.17) is 5.73 Å². The topological polar surface area (TPSA) is 128 Å². The summed E-state index contributed by atoms with van der Waals surface area (Å²) in [6, 6.07) is -1.71. The van der Waals surface area contributed by atoms with Gasteiger partial charge in [-0.25, -0.2) is 4.98 Å². The van der Waals surface area contributed by atoms with Crippen LogP contribution in [0.3, 0.4) is 0 Å². The van der Waals surface area contributed by atoms with E-state index in [2.05, 4.69) is 17.2 Å². The Morgan fingerprint density at radius 1 is 1.34 bits per heavy atom. The number of carboxylic acids is 1. The van der Waals surface area contributed by atoms with Crippen LogP contribution in [0.4, 0.5) is 5.13 Å². The average molecular weight is 487 g/mol. The molecule has 3 fully saturated rings. The summed E-state index contributed by atoms with van der Waals surface area (Å²) >= 11 is 2.81. The van der Waals surface area contributed by atoms with Gasteiger partial charge in [0.15, 0.2) is 5.13 Å². The van der Waals surface area contributed by atoms with Gasteiger partial charge in [-0.3, -0.25) is 9.59 Å². The molecular formula is C21H27N4NaO4S2. The zero-order chi connectivity index (χ0) is 22.6. The van der Waals surface area contributed by atoms with Crippen LogP contribution in [0.2, 0.25) is 0 Å². The third-order valence-corrected chi connectivity index (χ3v) is 9.07. The number of thioether (sulfide) groups is 1. The summed E-state index contributed by atoms with van der Waals surface area (Å²) in [4.78, 5) is 42.5. The number of carbonyl (C=O) groups excluding carboxylic acids is 3. The van der Waals surface area contributed by atoms with Crippen molar-refractivity contribution in [1.29, 1.82) is 0 Å². The number of carboxylic acid groups (broad SMARTS) is 1. The maximum Gasteiger partial charge on any atom is 1.00 e. The molecule has 1 aromatic heterocycles. The second-order valence-corrected chi connectivity index (χ2v) is 11.9. The van der Waals surface area contributed by atoms with Crippen LogP contribution in [0.5, 0.6) is 0 Å². The van der Waals surface area contributed by atoms with Crippen molar-refractivity contribution in [1.82, 2.24) is 15.2 Å². The summed E-state index contributed by atoms with van der Waals surface area (Å²) < 4.78 is -0.673. The molecule has 11 heteroatoms. The third-order valence-electron chi connectivity index (χ3n) is 6.83.